The third kappa shape index (κ3) is 3.01. The summed E-state index contributed by atoms with van der Waals surface area (Å²) in [4.78, 5) is 0. The van der Waals surface area contributed by atoms with Crippen molar-refractivity contribution < 1.29 is 0 Å². The molecule has 0 bridgehead atoms. The van der Waals surface area contributed by atoms with Crippen LogP contribution in [-0.4, -0.2) is 6.04 Å². The Labute approximate surface area is 122 Å². The molecular weight excluding hydrogens is 265 g/mol. The lowest BCUT2D eigenvalue weighted by Crippen LogP contribution is -2.50. The average Bonchev–Trinajstić information content (AvgIpc) is 2.18. The molecule has 1 aliphatic rings. The lowest BCUT2D eigenvalue weighted by atomic mass is 9.59. The fraction of sp³-hybridized carbons (Fsp3) is 0.600. The van der Waals surface area contributed by atoms with Gasteiger partial charge in [-0.1, -0.05) is 44.0 Å². The van der Waals surface area contributed by atoms with Gasteiger partial charge in [0.05, 0.1) is 0 Å². The first-order valence-electron chi connectivity index (χ1n) is 6.56. The van der Waals surface area contributed by atoms with Crippen LogP contribution in [0.15, 0.2) is 24.3 Å². The first-order valence-corrected chi connectivity index (χ1v) is 6.94. The molecule has 1 atom stereocenters. The van der Waals surface area contributed by atoms with Crippen molar-refractivity contribution in [3.8, 4) is 0 Å². The van der Waals surface area contributed by atoms with Crippen LogP contribution in [0.1, 0.15) is 45.1 Å². The summed E-state index contributed by atoms with van der Waals surface area (Å²) >= 11 is 5.96. The van der Waals surface area contributed by atoms with Gasteiger partial charge in [-0.25, -0.2) is 0 Å². The third-order valence-electron chi connectivity index (χ3n) is 4.10. The fourth-order valence-corrected chi connectivity index (χ4v) is 3.07. The summed E-state index contributed by atoms with van der Waals surface area (Å²) in [6.45, 7) is 4.49. The van der Waals surface area contributed by atoms with Crippen molar-refractivity contribution in [2.75, 3.05) is 0 Å². The molecule has 2 rings (SSSR count). The summed E-state index contributed by atoms with van der Waals surface area (Å²) < 4.78 is 0. The van der Waals surface area contributed by atoms with Gasteiger partial charge in [-0.15, -0.1) is 12.4 Å². The Morgan fingerprint density at radius 2 is 1.78 bits per heavy atom. The number of rotatable bonds is 4. The van der Waals surface area contributed by atoms with Crippen molar-refractivity contribution in [3.63, 3.8) is 0 Å². The highest BCUT2D eigenvalue weighted by Crippen LogP contribution is 2.47. The predicted molar refractivity (Wildman–Crippen MR) is 81.7 cm³/mol. The number of benzene rings is 1. The van der Waals surface area contributed by atoms with E-state index in [0.29, 0.717) is 5.92 Å². The molecule has 0 aliphatic heterocycles. The van der Waals surface area contributed by atoms with Gasteiger partial charge in [-0.05, 0) is 42.9 Å². The van der Waals surface area contributed by atoms with Crippen LogP contribution in [0, 0.1) is 5.92 Å². The van der Waals surface area contributed by atoms with Crippen LogP contribution in [0.25, 0.3) is 0 Å². The second-order valence-electron chi connectivity index (χ2n) is 5.75. The van der Waals surface area contributed by atoms with E-state index in [1.54, 1.807) is 0 Å². The molecule has 0 radical (unpaired) electrons. The maximum atomic E-state index is 6.45. The number of hydrogen-bond donors (Lipinski definition) is 1. The maximum Gasteiger partial charge on any atom is 0.0406 e. The van der Waals surface area contributed by atoms with Crippen LogP contribution in [0.2, 0.25) is 5.02 Å². The SMILES string of the molecule is CC(C)C[C@H](N)C1(c2ccc(Cl)cc2)CCC1.Cl. The van der Waals surface area contributed by atoms with Gasteiger partial charge in [0.2, 0.25) is 0 Å². The van der Waals surface area contributed by atoms with Crippen LogP contribution in [0.3, 0.4) is 0 Å². The number of halogens is 2. The molecule has 0 spiro atoms. The van der Waals surface area contributed by atoms with E-state index >= 15 is 0 Å². The Balaban J connectivity index is 0.00000162. The van der Waals surface area contributed by atoms with Crippen molar-refractivity contribution in [1.29, 1.82) is 0 Å². The molecule has 1 nitrogen and oxygen atoms in total. The van der Waals surface area contributed by atoms with Gasteiger partial charge < -0.3 is 5.73 Å². The molecule has 0 heterocycles. The molecule has 102 valence electrons. The summed E-state index contributed by atoms with van der Waals surface area (Å²) in [5.74, 6) is 0.662. The van der Waals surface area contributed by atoms with E-state index in [1.807, 2.05) is 12.1 Å². The Bertz CT molecular complexity index is 369. The molecule has 18 heavy (non-hydrogen) atoms. The fourth-order valence-electron chi connectivity index (χ4n) is 2.95. The van der Waals surface area contributed by atoms with Crippen LogP contribution in [0.5, 0.6) is 0 Å². The Morgan fingerprint density at radius 1 is 1.22 bits per heavy atom. The molecule has 1 aromatic carbocycles. The molecule has 0 saturated heterocycles. The van der Waals surface area contributed by atoms with Crippen molar-refractivity contribution in [2.45, 2.75) is 51.0 Å². The second kappa shape index (κ2) is 6.27. The molecule has 0 unspecified atom stereocenters. The van der Waals surface area contributed by atoms with E-state index in [4.69, 9.17) is 17.3 Å². The Morgan fingerprint density at radius 3 is 2.17 bits per heavy atom. The normalized spacial score (nSPS) is 18.9. The lowest BCUT2D eigenvalue weighted by molar-refractivity contribution is 0.178. The largest absolute Gasteiger partial charge is 0.327 e. The van der Waals surface area contributed by atoms with Gasteiger partial charge in [0.25, 0.3) is 0 Å². The number of nitrogens with two attached hydrogens (primary N) is 1. The van der Waals surface area contributed by atoms with Gasteiger partial charge in [-0.3, -0.25) is 0 Å². The van der Waals surface area contributed by atoms with E-state index in [9.17, 15) is 0 Å². The van der Waals surface area contributed by atoms with Gasteiger partial charge in [-0.2, -0.15) is 0 Å². The Hall–Kier alpha value is -0.240. The van der Waals surface area contributed by atoms with Crippen LogP contribution >= 0.6 is 24.0 Å². The average molecular weight is 288 g/mol. The highest BCUT2D eigenvalue weighted by Gasteiger charge is 2.43. The minimum Gasteiger partial charge on any atom is -0.327 e. The highest BCUT2D eigenvalue weighted by atomic mass is 35.5. The molecule has 1 fully saturated rings. The highest BCUT2D eigenvalue weighted by molar-refractivity contribution is 6.30. The van der Waals surface area contributed by atoms with Crippen LogP contribution < -0.4 is 5.73 Å². The minimum absolute atomic E-state index is 0. The maximum absolute atomic E-state index is 6.45. The molecule has 1 aromatic rings. The lowest BCUT2D eigenvalue weighted by Gasteiger charge is -2.47. The monoisotopic (exact) mass is 287 g/mol. The third-order valence-corrected chi connectivity index (χ3v) is 4.35. The van der Waals surface area contributed by atoms with Crippen molar-refractivity contribution in [1.82, 2.24) is 0 Å². The minimum atomic E-state index is 0. The summed E-state index contributed by atoms with van der Waals surface area (Å²) in [7, 11) is 0. The van der Waals surface area contributed by atoms with Crippen LogP contribution in [-0.2, 0) is 5.41 Å². The predicted octanol–water partition coefficient (Wildman–Crippen LogP) is 4.56. The smallest absolute Gasteiger partial charge is 0.0406 e. The first kappa shape index (κ1) is 15.8. The van der Waals surface area contributed by atoms with Gasteiger partial charge in [0, 0.05) is 16.5 Å². The van der Waals surface area contributed by atoms with E-state index < -0.39 is 0 Å². The molecule has 2 N–H and O–H groups in total. The van der Waals surface area contributed by atoms with E-state index in [2.05, 4.69) is 26.0 Å². The topological polar surface area (TPSA) is 26.0 Å². The molecule has 1 saturated carbocycles. The summed E-state index contributed by atoms with van der Waals surface area (Å²) in [5.41, 5.74) is 8.05. The van der Waals surface area contributed by atoms with Gasteiger partial charge in [0.1, 0.15) is 0 Å². The molecule has 0 amide bonds. The second-order valence-corrected chi connectivity index (χ2v) is 6.19. The van der Waals surface area contributed by atoms with Gasteiger partial charge in [0.15, 0.2) is 0 Å². The first-order chi connectivity index (χ1) is 8.04. The molecule has 1 aliphatic carbocycles. The zero-order valence-corrected chi connectivity index (χ0v) is 12.7. The Kier molecular flexibility index (Phi) is 5.51. The summed E-state index contributed by atoms with van der Waals surface area (Å²) in [5, 5.41) is 0.806. The molecule has 0 aromatic heterocycles. The molecule has 3 heteroatoms. The van der Waals surface area contributed by atoms with Gasteiger partial charge >= 0.3 is 0 Å². The quantitative estimate of drug-likeness (QED) is 0.863. The summed E-state index contributed by atoms with van der Waals surface area (Å²) in [6, 6.07) is 8.55. The van der Waals surface area contributed by atoms with E-state index in [1.165, 1.54) is 24.8 Å². The van der Waals surface area contributed by atoms with E-state index in [0.717, 1.165) is 11.4 Å². The molecular formula is C15H23Cl2N. The van der Waals surface area contributed by atoms with Crippen molar-refractivity contribution in [3.05, 3.63) is 34.9 Å². The summed E-state index contributed by atoms with van der Waals surface area (Å²) in [6.07, 6.45) is 4.85. The van der Waals surface area contributed by atoms with Crippen molar-refractivity contribution in [2.24, 2.45) is 11.7 Å². The zero-order chi connectivity index (χ0) is 12.5. The van der Waals surface area contributed by atoms with Crippen molar-refractivity contribution >= 4 is 24.0 Å². The zero-order valence-electron chi connectivity index (χ0n) is 11.2. The van der Waals surface area contributed by atoms with E-state index in [-0.39, 0.29) is 23.9 Å². The standard InChI is InChI=1S/C15H22ClN.ClH/c1-11(2)10-14(17)15(8-3-9-15)12-4-6-13(16)7-5-12;/h4-7,11,14H,3,8-10,17H2,1-2H3;1H/t14-;/m0./s1. The number of hydrogen-bond acceptors (Lipinski definition) is 1. The van der Waals surface area contributed by atoms with Crippen LogP contribution in [0.4, 0.5) is 0 Å².